The van der Waals surface area contributed by atoms with Gasteiger partial charge in [0.05, 0.1) is 20.6 Å². The zero-order valence-corrected chi connectivity index (χ0v) is 18.6. The molecular weight excluding hydrogens is 422 g/mol. The standard InChI is InChI=1S/C21H27N3O4S2/c1-29(26)20-10-9-17(16-21(20)30(22,27)28)19(25)8-5-11-23-12-14-24(15-13-23)18-6-3-2-4-7-18/h2-4,6-7,9-10,16H,5,8,11-15H2,1H3,(H2,22,27,28). The second kappa shape index (κ2) is 9.82. The highest BCUT2D eigenvalue weighted by Crippen LogP contribution is 2.21. The number of sulfonamides is 1. The van der Waals surface area contributed by atoms with Crippen LogP contribution < -0.4 is 10.0 Å². The number of Topliss-reactive ketones (excluding diaryl/α,β-unsaturated/α-hetero) is 1. The lowest BCUT2D eigenvalue weighted by Crippen LogP contribution is -2.46. The number of anilines is 1. The minimum atomic E-state index is -4.06. The van der Waals surface area contributed by atoms with E-state index in [0.717, 1.165) is 32.7 Å². The first-order chi connectivity index (χ1) is 14.3. The number of rotatable bonds is 8. The Bertz CT molecular complexity index is 1020. The Morgan fingerprint density at radius 1 is 1.07 bits per heavy atom. The summed E-state index contributed by atoms with van der Waals surface area (Å²) in [7, 11) is -5.57. The van der Waals surface area contributed by atoms with Crippen LogP contribution in [-0.2, 0) is 20.8 Å². The predicted molar refractivity (Wildman–Crippen MR) is 119 cm³/mol. The molecule has 1 atom stereocenters. The molecule has 1 saturated heterocycles. The summed E-state index contributed by atoms with van der Waals surface area (Å²) in [4.78, 5) is 17.1. The lowest BCUT2D eigenvalue weighted by Gasteiger charge is -2.36. The highest BCUT2D eigenvalue weighted by Gasteiger charge is 2.20. The summed E-state index contributed by atoms with van der Waals surface area (Å²) in [6.45, 7) is 4.59. The largest absolute Gasteiger partial charge is 0.369 e. The zero-order chi connectivity index (χ0) is 21.7. The molecule has 2 aromatic carbocycles. The van der Waals surface area contributed by atoms with E-state index in [1.54, 1.807) is 0 Å². The van der Waals surface area contributed by atoms with Gasteiger partial charge in [-0.15, -0.1) is 0 Å². The van der Waals surface area contributed by atoms with Crippen molar-refractivity contribution in [1.29, 1.82) is 0 Å². The first kappa shape index (κ1) is 22.6. The van der Waals surface area contributed by atoms with Crippen LogP contribution in [0.15, 0.2) is 58.3 Å². The van der Waals surface area contributed by atoms with Gasteiger partial charge >= 0.3 is 0 Å². The topological polar surface area (TPSA) is 101 Å². The van der Waals surface area contributed by atoms with Crippen molar-refractivity contribution in [2.75, 3.05) is 43.9 Å². The van der Waals surface area contributed by atoms with Gasteiger partial charge in [-0.3, -0.25) is 13.9 Å². The minimum absolute atomic E-state index is 0.116. The summed E-state index contributed by atoms with van der Waals surface area (Å²) < 4.78 is 35.4. The molecule has 9 heteroatoms. The maximum Gasteiger partial charge on any atom is 0.239 e. The monoisotopic (exact) mass is 449 g/mol. The van der Waals surface area contributed by atoms with Crippen molar-refractivity contribution in [2.45, 2.75) is 22.6 Å². The maximum absolute atomic E-state index is 12.5. The molecule has 0 aromatic heterocycles. The molecule has 0 saturated carbocycles. The molecule has 162 valence electrons. The van der Waals surface area contributed by atoms with Crippen molar-refractivity contribution >= 4 is 32.3 Å². The molecule has 0 bridgehead atoms. The van der Waals surface area contributed by atoms with E-state index in [4.69, 9.17) is 5.14 Å². The van der Waals surface area contributed by atoms with Gasteiger partial charge in [0, 0.05) is 50.1 Å². The minimum Gasteiger partial charge on any atom is -0.369 e. The van der Waals surface area contributed by atoms with E-state index in [1.165, 1.54) is 30.1 Å². The smallest absolute Gasteiger partial charge is 0.239 e. The van der Waals surface area contributed by atoms with Gasteiger partial charge < -0.3 is 4.90 Å². The lowest BCUT2D eigenvalue weighted by atomic mass is 10.1. The van der Waals surface area contributed by atoms with Crippen LogP contribution in [0, 0.1) is 0 Å². The normalized spacial score (nSPS) is 16.4. The summed E-state index contributed by atoms with van der Waals surface area (Å²) in [6, 6.07) is 14.5. The Hall–Kier alpha value is -2.07. The fraction of sp³-hybridized carbons (Fsp3) is 0.381. The van der Waals surface area contributed by atoms with E-state index in [0.29, 0.717) is 12.8 Å². The van der Waals surface area contributed by atoms with Gasteiger partial charge in [0.25, 0.3) is 0 Å². The summed E-state index contributed by atoms with van der Waals surface area (Å²) in [5.74, 6) is -0.142. The van der Waals surface area contributed by atoms with Crippen LogP contribution in [0.3, 0.4) is 0 Å². The molecule has 1 fully saturated rings. The second-order valence-electron chi connectivity index (χ2n) is 7.35. The van der Waals surface area contributed by atoms with E-state index in [9.17, 15) is 17.4 Å². The van der Waals surface area contributed by atoms with Gasteiger partial charge in [-0.1, -0.05) is 24.3 Å². The molecule has 1 heterocycles. The molecule has 0 amide bonds. The van der Waals surface area contributed by atoms with Gasteiger partial charge in [0.15, 0.2) is 5.78 Å². The number of ketones is 1. The molecule has 3 rings (SSSR count). The molecule has 7 nitrogen and oxygen atoms in total. The van der Waals surface area contributed by atoms with Crippen LogP contribution in [0.1, 0.15) is 23.2 Å². The maximum atomic E-state index is 12.5. The molecular formula is C21H27N3O4S2. The summed E-state index contributed by atoms with van der Waals surface area (Å²) in [6.07, 6.45) is 2.39. The molecule has 30 heavy (non-hydrogen) atoms. The van der Waals surface area contributed by atoms with Crippen molar-refractivity contribution in [2.24, 2.45) is 5.14 Å². The van der Waals surface area contributed by atoms with Crippen LogP contribution >= 0.6 is 0 Å². The number of carbonyl (C=O) groups excluding carboxylic acids is 1. The van der Waals surface area contributed by atoms with Crippen molar-refractivity contribution in [3.63, 3.8) is 0 Å². The second-order valence-corrected chi connectivity index (χ2v) is 10.2. The number of primary sulfonamides is 1. The number of nitrogens with two attached hydrogens (primary N) is 1. The van der Waals surface area contributed by atoms with Gasteiger partial charge in [-0.05, 0) is 37.2 Å². The summed E-state index contributed by atoms with van der Waals surface area (Å²) in [5.41, 5.74) is 1.51. The van der Waals surface area contributed by atoms with Crippen molar-refractivity contribution in [3.8, 4) is 0 Å². The molecule has 1 aliphatic rings. The number of hydrogen-bond donors (Lipinski definition) is 1. The van der Waals surface area contributed by atoms with Crippen LogP contribution in [0.4, 0.5) is 5.69 Å². The third kappa shape index (κ3) is 5.75. The van der Waals surface area contributed by atoms with E-state index >= 15 is 0 Å². The zero-order valence-electron chi connectivity index (χ0n) is 17.0. The van der Waals surface area contributed by atoms with Crippen LogP contribution in [0.5, 0.6) is 0 Å². The van der Waals surface area contributed by atoms with E-state index < -0.39 is 20.8 Å². The summed E-state index contributed by atoms with van der Waals surface area (Å²) in [5, 5.41) is 5.23. The number of hydrogen-bond acceptors (Lipinski definition) is 6. The Morgan fingerprint density at radius 2 is 1.73 bits per heavy atom. The van der Waals surface area contributed by atoms with Crippen LogP contribution in [0.2, 0.25) is 0 Å². The number of piperazine rings is 1. The third-order valence-corrected chi connectivity index (χ3v) is 7.31. The fourth-order valence-electron chi connectivity index (χ4n) is 3.62. The molecule has 1 aliphatic heterocycles. The quantitative estimate of drug-likeness (QED) is 0.618. The van der Waals surface area contributed by atoms with Crippen molar-refractivity contribution in [1.82, 2.24) is 4.90 Å². The molecule has 0 spiro atoms. The van der Waals surface area contributed by atoms with Crippen LogP contribution in [-0.4, -0.2) is 62.3 Å². The first-order valence-electron chi connectivity index (χ1n) is 9.81. The molecule has 0 aliphatic carbocycles. The predicted octanol–water partition coefficient (Wildman–Crippen LogP) is 1.86. The Labute approximate surface area is 180 Å². The van der Waals surface area contributed by atoms with Crippen molar-refractivity contribution < 1.29 is 17.4 Å². The van der Waals surface area contributed by atoms with E-state index in [-0.39, 0.29) is 21.1 Å². The lowest BCUT2D eigenvalue weighted by molar-refractivity contribution is 0.0974. The Balaban J connectivity index is 1.52. The van der Waals surface area contributed by atoms with E-state index in [1.807, 2.05) is 18.2 Å². The van der Waals surface area contributed by atoms with Crippen LogP contribution in [0.25, 0.3) is 0 Å². The SMILES string of the molecule is CS(=O)c1ccc(C(=O)CCCN2CCN(c3ccccc3)CC2)cc1S(N)(=O)=O. The Kier molecular flexibility index (Phi) is 7.41. The fourth-order valence-corrected chi connectivity index (χ4v) is 5.56. The molecule has 2 aromatic rings. The highest BCUT2D eigenvalue weighted by atomic mass is 32.2. The van der Waals surface area contributed by atoms with Gasteiger partial charge in [0.1, 0.15) is 0 Å². The molecule has 2 N–H and O–H groups in total. The number of nitrogens with zero attached hydrogens (tertiary/aromatic N) is 2. The third-order valence-electron chi connectivity index (χ3n) is 5.25. The van der Waals surface area contributed by atoms with Gasteiger partial charge in [-0.25, -0.2) is 13.6 Å². The van der Waals surface area contributed by atoms with Gasteiger partial charge in [0.2, 0.25) is 10.0 Å². The first-order valence-corrected chi connectivity index (χ1v) is 12.9. The summed E-state index contributed by atoms with van der Waals surface area (Å²) >= 11 is 0. The number of para-hydroxylation sites is 1. The van der Waals surface area contributed by atoms with E-state index in [2.05, 4.69) is 21.9 Å². The number of carbonyl (C=O) groups is 1. The Morgan fingerprint density at radius 3 is 2.33 bits per heavy atom. The average Bonchev–Trinajstić information content (AvgIpc) is 2.73. The molecule has 1 unspecified atom stereocenters. The number of benzene rings is 2. The highest BCUT2D eigenvalue weighted by molar-refractivity contribution is 7.90. The van der Waals surface area contributed by atoms with Crippen molar-refractivity contribution in [3.05, 3.63) is 54.1 Å². The van der Waals surface area contributed by atoms with Gasteiger partial charge in [-0.2, -0.15) is 0 Å². The average molecular weight is 450 g/mol. The molecule has 0 radical (unpaired) electrons.